The van der Waals surface area contributed by atoms with Crippen molar-refractivity contribution in [3.63, 3.8) is 0 Å². The number of hydrogen-bond donors (Lipinski definition) is 0. The van der Waals surface area contributed by atoms with Crippen LogP contribution >= 0.6 is 0 Å². The fraction of sp³-hybridized carbons (Fsp3) is 0.0444. The standard InChI is InChI=1S/C45H34O5/c1-31-3-17-39(18-4-31)48-40-21-9-34(10-22-40)35-11-25-42(26-12-35)50-44-29-15-37(16-30-44)45(46)36-13-27-43(28-14-36)49-41-23-7-33(8-24-41)32-5-19-38(47-2)20-6-32/h3-30H,1-2H3. The van der Waals surface area contributed by atoms with Crippen LogP contribution in [0.5, 0.6) is 40.2 Å². The quantitative estimate of drug-likeness (QED) is 0.130. The summed E-state index contributed by atoms with van der Waals surface area (Å²) in [6, 6.07) is 54.1. The predicted molar refractivity (Wildman–Crippen MR) is 198 cm³/mol. The van der Waals surface area contributed by atoms with E-state index in [0.717, 1.165) is 39.5 Å². The van der Waals surface area contributed by atoms with Gasteiger partial charge in [0, 0.05) is 11.1 Å². The summed E-state index contributed by atoms with van der Waals surface area (Å²) in [5.41, 5.74) is 6.67. The van der Waals surface area contributed by atoms with Gasteiger partial charge in [0.1, 0.15) is 40.2 Å². The Morgan fingerprint density at radius 3 is 0.860 bits per heavy atom. The van der Waals surface area contributed by atoms with E-state index < -0.39 is 0 Å². The molecule has 244 valence electrons. The lowest BCUT2D eigenvalue weighted by molar-refractivity contribution is 0.103. The smallest absolute Gasteiger partial charge is 0.193 e. The number of aryl methyl sites for hydroxylation is 1. The van der Waals surface area contributed by atoms with Crippen LogP contribution in [0.3, 0.4) is 0 Å². The highest BCUT2D eigenvalue weighted by molar-refractivity contribution is 6.09. The second-order valence-corrected chi connectivity index (χ2v) is 11.8. The van der Waals surface area contributed by atoms with Crippen molar-refractivity contribution in [1.29, 1.82) is 0 Å². The highest BCUT2D eigenvalue weighted by Gasteiger charge is 2.11. The van der Waals surface area contributed by atoms with E-state index in [1.165, 1.54) is 5.56 Å². The second-order valence-electron chi connectivity index (χ2n) is 11.8. The number of hydrogen-bond acceptors (Lipinski definition) is 5. The lowest BCUT2D eigenvalue weighted by atomic mass is 10.0. The van der Waals surface area contributed by atoms with Crippen molar-refractivity contribution in [3.8, 4) is 62.5 Å². The first-order chi connectivity index (χ1) is 24.5. The van der Waals surface area contributed by atoms with Gasteiger partial charge < -0.3 is 18.9 Å². The molecular formula is C45H34O5. The van der Waals surface area contributed by atoms with E-state index in [-0.39, 0.29) is 5.78 Å². The fourth-order valence-electron chi connectivity index (χ4n) is 5.46. The van der Waals surface area contributed by atoms with Gasteiger partial charge in [-0.25, -0.2) is 0 Å². The lowest BCUT2D eigenvalue weighted by Gasteiger charge is -2.10. The minimum absolute atomic E-state index is 0.0772. The van der Waals surface area contributed by atoms with Crippen LogP contribution in [0, 0.1) is 6.92 Å². The molecular weight excluding hydrogens is 620 g/mol. The Labute approximate surface area is 291 Å². The molecule has 0 atom stereocenters. The van der Waals surface area contributed by atoms with Gasteiger partial charge in [-0.2, -0.15) is 0 Å². The molecule has 0 heterocycles. The van der Waals surface area contributed by atoms with Crippen molar-refractivity contribution in [2.24, 2.45) is 0 Å². The zero-order valence-electron chi connectivity index (χ0n) is 27.7. The molecule has 0 N–H and O–H groups in total. The van der Waals surface area contributed by atoms with Crippen molar-refractivity contribution in [1.82, 2.24) is 0 Å². The zero-order chi connectivity index (χ0) is 34.3. The molecule has 7 aromatic rings. The van der Waals surface area contributed by atoms with Crippen LogP contribution in [0.2, 0.25) is 0 Å². The Hall–Kier alpha value is -6.59. The van der Waals surface area contributed by atoms with Crippen LogP contribution in [0.4, 0.5) is 0 Å². The van der Waals surface area contributed by atoms with Crippen molar-refractivity contribution in [2.45, 2.75) is 6.92 Å². The molecule has 7 aromatic carbocycles. The van der Waals surface area contributed by atoms with Gasteiger partial charge in [-0.1, -0.05) is 66.2 Å². The lowest BCUT2D eigenvalue weighted by Crippen LogP contribution is -2.01. The molecule has 0 fully saturated rings. The van der Waals surface area contributed by atoms with Crippen LogP contribution in [0.25, 0.3) is 22.3 Å². The van der Waals surface area contributed by atoms with Crippen LogP contribution < -0.4 is 18.9 Å². The first-order valence-electron chi connectivity index (χ1n) is 16.3. The maximum Gasteiger partial charge on any atom is 0.193 e. The van der Waals surface area contributed by atoms with E-state index in [1.54, 1.807) is 55.6 Å². The third-order valence-electron chi connectivity index (χ3n) is 8.28. The van der Waals surface area contributed by atoms with Gasteiger partial charge in [-0.3, -0.25) is 4.79 Å². The number of carbonyl (C=O) groups excluding carboxylic acids is 1. The van der Waals surface area contributed by atoms with Crippen molar-refractivity contribution in [2.75, 3.05) is 7.11 Å². The zero-order valence-corrected chi connectivity index (χ0v) is 27.7. The molecule has 0 unspecified atom stereocenters. The molecule has 0 amide bonds. The van der Waals surface area contributed by atoms with Crippen molar-refractivity contribution < 1.29 is 23.7 Å². The van der Waals surface area contributed by atoms with Crippen LogP contribution in [0.15, 0.2) is 170 Å². The summed E-state index contributed by atoms with van der Waals surface area (Å²) in [5.74, 6) is 5.06. The topological polar surface area (TPSA) is 54.0 Å². The van der Waals surface area contributed by atoms with Crippen molar-refractivity contribution >= 4 is 5.78 Å². The molecule has 0 bridgehead atoms. The SMILES string of the molecule is COc1ccc(-c2ccc(Oc3ccc(C(=O)c4ccc(Oc5ccc(-c6ccc(Oc7ccc(C)cc7)cc6)cc5)cc4)cc3)cc2)cc1. The molecule has 0 aromatic heterocycles. The summed E-state index contributed by atoms with van der Waals surface area (Å²) in [5, 5.41) is 0. The minimum Gasteiger partial charge on any atom is -0.497 e. The third-order valence-corrected chi connectivity index (χ3v) is 8.28. The minimum atomic E-state index is -0.0772. The Balaban J connectivity index is 0.922. The van der Waals surface area contributed by atoms with E-state index in [2.05, 4.69) is 6.92 Å². The van der Waals surface area contributed by atoms with E-state index in [0.29, 0.717) is 34.1 Å². The summed E-state index contributed by atoms with van der Waals surface area (Å²) in [7, 11) is 1.66. The van der Waals surface area contributed by atoms with Gasteiger partial charge in [0.2, 0.25) is 0 Å². The summed E-state index contributed by atoms with van der Waals surface area (Å²) in [6.07, 6.45) is 0. The maximum absolute atomic E-state index is 13.2. The molecule has 0 saturated heterocycles. The van der Waals surface area contributed by atoms with Gasteiger partial charge in [0.05, 0.1) is 7.11 Å². The second kappa shape index (κ2) is 14.7. The maximum atomic E-state index is 13.2. The fourth-order valence-corrected chi connectivity index (χ4v) is 5.46. The number of benzene rings is 7. The van der Waals surface area contributed by atoms with Gasteiger partial charge in [0.25, 0.3) is 0 Å². The molecule has 5 nitrogen and oxygen atoms in total. The van der Waals surface area contributed by atoms with Gasteiger partial charge in [0.15, 0.2) is 5.78 Å². The Morgan fingerprint density at radius 1 is 0.340 bits per heavy atom. The van der Waals surface area contributed by atoms with E-state index in [4.69, 9.17) is 18.9 Å². The molecule has 7 rings (SSSR count). The molecule has 0 radical (unpaired) electrons. The number of ketones is 1. The summed E-state index contributed by atoms with van der Waals surface area (Å²) in [6.45, 7) is 2.05. The molecule has 0 aliphatic carbocycles. The van der Waals surface area contributed by atoms with E-state index in [1.807, 2.05) is 121 Å². The van der Waals surface area contributed by atoms with Crippen LogP contribution in [-0.2, 0) is 0 Å². The molecule has 0 aliphatic rings. The monoisotopic (exact) mass is 654 g/mol. The molecule has 0 aliphatic heterocycles. The Morgan fingerprint density at radius 2 is 0.580 bits per heavy atom. The number of methoxy groups -OCH3 is 1. The largest absolute Gasteiger partial charge is 0.497 e. The first-order valence-corrected chi connectivity index (χ1v) is 16.3. The predicted octanol–water partition coefficient (Wildman–Crippen LogP) is 11.9. The summed E-state index contributed by atoms with van der Waals surface area (Å²) in [4.78, 5) is 13.2. The summed E-state index contributed by atoms with van der Waals surface area (Å²) >= 11 is 0. The van der Waals surface area contributed by atoms with Crippen LogP contribution in [-0.4, -0.2) is 12.9 Å². The van der Waals surface area contributed by atoms with Gasteiger partial charge in [-0.15, -0.1) is 0 Å². The first kappa shape index (κ1) is 32.0. The average Bonchev–Trinajstić information content (AvgIpc) is 3.17. The molecule has 0 saturated carbocycles. The van der Waals surface area contributed by atoms with Crippen LogP contribution in [0.1, 0.15) is 21.5 Å². The van der Waals surface area contributed by atoms with Gasteiger partial charge >= 0.3 is 0 Å². The highest BCUT2D eigenvalue weighted by Crippen LogP contribution is 2.30. The molecule has 5 heteroatoms. The van der Waals surface area contributed by atoms with E-state index >= 15 is 0 Å². The normalized spacial score (nSPS) is 10.7. The summed E-state index contributed by atoms with van der Waals surface area (Å²) < 4.78 is 23.3. The number of rotatable bonds is 11. The highest BCUT2D eigenvalue weighted by atomic mass is 16.5. The Kier molecular flexibility index (Phi) is 9.38. The molecule has 50 heavy (non-hydrogen) atoms. The number of ether oxygens (including phenoxy) is 4. The number of carbonyl (C=O) groups is 1. The van der Waals surface area contributed by atoms with Crippen molar-refractivity contribution in [3.05, 3.63) is 187 Å². The molecule has 0 spiro atoms. The van der Waals surface area contributed by atoms with Gasteiger partial charge in [-0.05, 0) is 138 Å². The average molecular weight is 655 g/mol. The van der Waals surface area contributed by atoms with E-state index in [9.17, 15) is 4.79 Å². The Bertz CT molecular complexity index is 2170. The third kappa shape index (κ3) is 7.75.